The van der Waals surface area contributed by atoms with Crippen molar-refractivity contribution >= 4 is 0 Å². The number of hydrogen-bond acceptors (Lipinski definition) is 2. The Hall–Kier alpha value is 0.956. The molecule has 0 aromatic heterocycles. The molecule has 0 unspecified atom stereocenters. The van der Waals surface area contributed by atoms with Crippen molar-refractivity contribution in [3.05, 3.63) is 6.42 Å². The first-order chi connectivity index (χ1) is 1.91. The van der Waals surface area contributed by atoms with Crippen molar-refractivity contribution in [2.24, 2.45) is 5.90 Å². The first-order valence-electron chi connectivity index (χ1n) is 0.690. The molecule has 0 bridgehead atoms. The van der Waals surface area contributed by atoms with E-state index in [4.69, 9.17) is 6.42 Å². The van der Waals surface area contributed by atoms with Gasteiger partial charge in [0.15, 0.2) is 0 Å². The molecule has 0 aliphatic carbocycles. The molecule has 0 fully saturated rings. The molecule has 0 aromatic rings. The molecule has 0 radical (unpaired) electrons. The van der Waals surface area contributed by atoms with Gasteiger partial charge in [0.05, 0.1) is 0 Å². The number of hydrogen-bond donors (Lipinski definition) is 1. The van der Waals surface area contributed by atoms with Gasteiger partial charge < -0.3 is 11.3 Å². The van der Waals surface area contributed by atoms with Gasteiger partial charge in [0.2, 0.25) is 0 Å². The average Bonchev–Trinajstić information content (AvgIpc) is 1.37. The normalized spacial score (nSPS) is 3.20. The fraction of sp³-hybridized carbons (Fsp3) is 0. The molecule has 3 heteroatoms. The largest absolute Gasteiger partial charge is 1.00 e. The summed E-state index contributed by atoms with van der Waals surface area (Å²) in [6.07, 6.45) is 7.31. The van der Waals surface area contributed by atoms with Gasteiger partial charge in [-0.2, -0.15) is 5.90 Å². The fourth-order valence-electron chi connectivity index (χ4n) is 0. The van der Waals surface area contributed by atoms with Crippen LogP contribution in [0.15, 0.2) is 0 Å². The summed E-state index contributed by atoms with van der Waals surface area (Å²) in [6, 6.07) is 0. The summed E-state index contributed by atoms with van der Waals surface area (Å²) in [6.45, 7) is 0. The van der Waals surface area contributed by atoms with Gasteiger partial charge in [-0.3, -0.25) is 0 Å². The van der Waals surface area contributed by atoms with Crippen LogP contribution in [-0.2, 0) is 4.84 Å². The molecular weight excluding hydrogens is 93.1 g/mol. The molecule has 0 rings (SSSR count). The zero-order valence-electron chi connectivity index (χ0n) is 2.99. The molecule has 0 saturated heterocycles. The van der Waals surface area contributed by atoms with Crippen LogP contribution in [0.3, 0.4) is 0 Å². The zero-order chi connectivity index (χ0) is 3.41. The molecule has 22 valence electrons. The van der Waals surface area contributed by atoms with E-state index in [2.05, 4.69) is 10.7 Å². The van der Waals surface area contributed by atoms with E-state index in [0.29, 0.717) is 0 Å². The standard InChI is InChI=1S/C2H2NO.K/c1-2-4-3;/h3H2;/q-1;+1. The van der Waals surface area contributed by atoms with Crippen LogP contribution in [0.25, 0.3) is 0 Å². The van der Waals surface area contributed by atoms with Crippen molar-refractivity contribution < 1.29 is 56.2 Å². The third-order valence-corrected chi connectivity index (χ3v) is 0.0589. The maximum Gasteiger partial charge on any atom is 1.00 e. The van der Waals surface area contributed by atoms with Crippen molar-refractivity contribution in [2.75, 3.05) is 0 Å². The first-order valence-corrected chi connectivity index (χ1v) is 0.690. The number of nitrogens with two attached hydrogens (primary N) is 1. The summed E-state index contributed by atoms with van der Waals surface area (Å²) in [5.74, 6) is 4.23. The Labute approximate surface area is 73.4 Å². The minimum Gasteiger partial charge on any atom is -0.645 e. The predicted molar refractivity (Wildman–Crippen MR) is 12.4 cm³/mol. The first kappa shape index (κ1) is 9.35. The van der Waals surface area contributed by atoms with E-state index in [1.165, 1.54) is 6.11 Å². The molecule has 0 heterocycles. The van der Waals surface area contributed by atoms with Gasteiger partial charge in [-0.15, -0.1) is 6.11 Å². The molecule has 0 atom stereocenters. The second-order valence-electron chi connectivity index (χ2n) is 0.220. The third-order valence-electron chi connectivity index (χ3n) is 0.0589. The van der Waals surface area contributed by atoms with Crippen molar-refractivity contribution in [2.45, 2.75) is 0 Å². The van der Waals surface area contributed by atoms with E-state index in [9.17, 15) is 0 Å². The molecule has 0 amide bonds. The van der Waals surface area contributed by atoms with E-state index in [1.807, 2.05) is 0 Å². The summed E-state index contributed by atoms with van der Waals surface area (Å²) < 4.78 is 0. The SMILES string of the molecule is [C-]#CON.[K+]. The van der Waals surface area contributed by atoms with Crippen LogP contribution >= 0.6 is 0 Å². The predicted octanol–water partition coefficient (Wildman–Crippen LogP) is -3.57. The summed E-state index contributed by atoms with van der Waals surface area (Å²) in [4.78, 5) is 3.46. The van der Waals surface area contributed by atoms with Gasteiger partial charge in [-0.05, 0) is 0 Å². The molecule has 5 heavy (non-hydrogen) atoms. The Kier molecular flexibility index (Phi) is 16.6. The van der Waals surface area contributed by atoms with Crippen molar-refractivity contribution in [3.63, 3.8) is 0 Å². The van der Waals surface area contributed by atoms with Crippen molar-refractivity contribution in [1.29, 1.82) is 0 Å². The summed E-state index contributed by atoms with van der Waals surface area (Å²) in [5, 5.41) is 0. The van der Waals surface area contributed by atoms with E-state index >= 15 is 0 Å². The van der Waals surface area contributed by atoms with Crippen LogP contribution in [0.1, 0.15) is 0 Å². The Morgan fingerprint density at radius 2 is 2.00 bits per heavy atom. The Balaban J connectivity index is 0. The van der Waals surface area contributed by atoms with Gasteiger partial charge in [0, 0.05) is 0 Å². The van der Waals surface area contributed by atoms with Crippen LogP contribution in [0, 0.1) is 12.5 Å². The quantitative estimate of drug-likeness (QED) is 0.146. The minimum atomic E-state index is 0. The van der Waals surface area contributed by atoms with Gasteiger partial charge in [0.1, 0.15) is 0 Å². The van der Waals surface area contributed by atoms with E-state index in [-0.39, 0.29) is 51.4 Å². The van der Waals surface area contributed by atoms with Crippen LogP contribution in [-0.4, -0.2) is 0 Å². The van der Waals surface area contributed by atoms with Crippen LogP contribution in [0.5, 0.6) is 0 Å². The van der Waals surface area contributed by atoms with Crippen LogP contribution in [0.4, 0.5) is 0 Å². The Morgan fingerprint density at radius 1 is 1.80 bits per heavy atom. The van der Waals surface area contributed by atoms with E-state index in [1.54, 1.807) is 0 Å². The Bertz CT molecular complexity index is 39.4. The molecule has 0 aromatic carbocycles. The van der Waals surface area contributed by atoms with Gasteiger partial charge >= 0.3 is 51.4 Å². The summed E-state index contributed by atoms with van der Waals surface area (Å²) in [7, 11) is 0. The molecule has 0 aliphatic rings. The smallest absolute Gasteiger partial charge is 0.645 e. The third kappa shape index (κ3) is 11.3. The van der Waals surface area contributed by atoms with Crippen LogP contribution < -0.4 is 57.3 Å². The van der Waals surface area contributed by atoms with Gasteiger partial charge in [-0.1, -0.05) is 0 Å². The molecule has 2 N–H and O–H groups in total. The second kappa shape index (κ2) is 8.88. The average molecular weight is 95.1 g/mol. The molecule has 0 aliphatic heterocycles. The summed E-state index contributed by atoms with van der Waals surface area (Å²) in [5.41, 5.74) is 0. The van der Waals surface area contributed by atoms with Crippen molar-refractivity contribution in [1.82, 2.24) is 0 Å². The van der Waals surface area contributed by atoms with E-state index < -0.39 is 0 Å². The molecule has 0 spiro atoms. The van der Waals surface area contributed by atoms with Crippen LogP contribution in [0.2, 0.25) is 0 Å². The van der Waals surface area contributed by atoms with Crippen molar-refractivity contribution in [3.8, 4) is 6.11 Å². The minimum absolute atomic E-state index is 0. The monoisotopic (exact) mass is 95.0 g/mol. The van der Waals surface area contributed by atoms with Gasteiger partial charge in [0.25, 0.3) is 0 Å². The maximum absolute atomic E-state index is 5.85. The second-order valence-corrected chi connectivity index (χ2v) is 0.220. The zero-order valence-corrected chi connectivity index (χ0v) is 6.11. The maximum atomic E-state index is 5.85. The number of rotatable bonds is 0. The molecular formula is C2H2KNO. The van der Waals surface area contributed by atoms with Gasteiger partial charge in [-0.25, -0.2) is 0 Å². The molecule has 0 saturated carbocycles. The topological polar surface area (TPSA) is 35.2 Å². The fourth-order valence-corrected chi connectivity index (χ4v) is 0. The molecule has 2 nitrogen and oxygen atoms in total. The van der Waals surface area contributed by atoms with E-state index in [0.717, 1.165) is 0 Å². The summed E-state index contributed by atoms with van der Waals surface area (Å²) >= 11 is 0. The Morgan fingerprint density at radius 3 is 2.00 bits per heavy atom.